The average molecular weight is 503 g/mol. The van der Waals surface area contributed by atoms with E-state index in [1.165, 1.54) is 32.2 Å². The van der Waals surface area contributed by atoms with Crippen LogP contribution in [0, 0.1) is 5.82 Å². The minimum absolute atomic E-state index is 0.0478. The van der Waals surface area contributed by atoms with Crippen molar-refractivity contribution >= 4 is 17.4 Å². The summed E-state index contributed by atoms with van der Waals surface area (Å²) >= 11 is 6.02. The van der Waals surface area contributed by atoms with Crippen molar-refractivity contribution in [1.29, 1.82) is 0 Å². The number of ether oxygens (including phenoxy) is 2. The second-order valence-electron chi connectivity index (χ2n) is 6.87. The summed E-state index contributed by atoms with van der Waals surface area (Å²) in [5.41, 5.74) is -5.65. The van der Waals surface area contributed by atoms with Crippen molar-refractivity contribution in [2.24, 2.45) is 0 Å². The van der Waals surface area contributed by atoms with Gasteiger partial charge in [-0.05, 0) is 32.0 Å². The first-order valence-electron chi connectivity index (χ1n) is 9.32. The van der Waals surface area contributed by atoms with E-state index in [1.54, 1.807) is 0 Å². The molecular weight excluding hydrogens is 488 g/mol. The molecule has 3 rings (SSSR count). The summed E-state index contributed by atoms with van der Waals surface area (Å²) in [4.78, 5) is 40.1. The van der Waals surface area contributed by atoms with E-state index in [0.717, 1.165) is 6.07 Å². The molecule has 2 heterocycles. The molecule has 0 saturated carbocycles. The number of rotatable bonds is 6. The molecule has 2 N–H and O–H groups in total. The highest BCUT2D eigenvalue weighted by atomic mass is 35.5. The Bertz CT molecular complexity index is 1390. The van der Waals surface area contributed by atoms with E-state index in [2.05, 4.69) is 4.98 Å². The van der Waals surface area contributed by atoms with Crippen LogP contribution in [-0.4, -0.2) is 26.1 Å². The van der Waals surface area contributed by atoms with Crippen LogP contribution in [-0.2, 0) is 11.0 Å². The average Bonchev–Trinajstić information content (AvgIpc) is 2.74. The molecule has 0 bridgehead atoms. The molecule has 0 radical (unpaired) electrons. The Labute approximate surface area is 192 Å². The van der Waals surface area contributed by atoms with Gasteiger partial charge in [0.2, 0.25) is 0 Å². The fourth-order valence-electron chi connectivity index (χ4n) is 2.68. The largest absolute Gasteiger partial charge is 0.464 e. The van der Waals surface area contributed by atoms with Crippen molar-refractivity contribution < 1.29 is 31.8 Å². The number of hydrogen-bond donors (Lipinski definition) is 1. The number of ketones is 1. The lowest BCUT2D eigenvalue weighted by Gasteiger charge is -2.17. The minimum atomic E-state index is -5.10. The SMILES string of the molecule is CC(=O)C(C)Oc1ncccc1Oc1cc(-n2c(=O)cc(C(F)(F)F)n(N)c2=O)c(F)cc1Cl. The zero-order chi connectivity index (χ0) is 25.4. The molecule has 0 spiro atoms. The van der Waals surface area contributed by atoms with E-state index in [1.807, 2.05) is 0 Å². The number of hydrogen-bond acceptors (Lipinski definition) is 7. The van der Waals surface area contributed by atoms with Crippen LogP contribution in [0.15, 0.2) is 46.1 Å². The maximum absolute atomic E-state index is 14.6. The Balaban J connectivity index is 2.12. The van der Waals surface area contributed by atoms with Gasteiger partial charge in [-0.15, -0.1) is 0 Å². The Kier molecular flexibility index (Phi) is 6.68. The minimum Gasteiger partial charge on any atom is -0.464 e. The highest BCUT2D eigenvalue weighted by molar-refractivity contribution is 6.32. The van der Waals surface area contributed by atoms with E-state index in [-0.39, 0.29) is 43.5 Å². The van der Waals surface area contributed by atoms with Gasteiger partial charge in [-0.2, -0.15) is 13.2 Å². The van der Waals surface area contributed by atoms with Gasteiger partial charge in [0.25, 0.3) is 11.4 Å². The number of pyridine rings is 1. The van der Waals surface area contributed by atoms with Gasteiger partial charge in [0.15, 0.2) is 23.3 Å². The number of nitrogens with zero attached hydrogens (tertiary/aromatic N) is 3. The van der Waals surface area contributed by atoms with Gasteiger partial charge in [0.05, 0.1) is 10.7 Å². The third kappa shape index (κ3) is 4.88. The number of alkyl halides is 3. The van der Waals surface area contributed by atoms with Gasteiger partial charge in [0.1, 0.15) is 11.6 Å². The van der Waals surface area contributed by atoms with Crippen LogP contribution in [0.5, 0.6) is 17.4 Å². The lowest BCUT2D eigenvalue weighted by molar-refractivity contribution is -0.143. The molecule has 0 fully saturated rings. The predicted molar refractivity (Wildman–Crippen MR) is 112 cm³/mol. The van der Waals surface area contributed by atoms with Crippen molar-refractivity contribution in [3.05, 3.63) is 73.9 Å². The van der Waals surface area contributed by atoms with Crippen LogP contribution < -0.4 is 26.6 Å². The van der Waals surface area contributed by atoms with Crippen LogP contribution >= 0.6 is 11.6 Å². The first-order valence-corrected chi connectivity index (χ1v) is 9.69. The normalized spacial score (nSPS) is 12.3. The highest BCUT2D eigenvalue weighted by Gasteiger charge is 2.36. The second kappa shape index (κ2) is 9.17. The zero-order valence-electron chi connectivity index (χ0n) is 17.4. The standard InChI is InChI=1S/C20H15ClF4N4O5/c1-9(30)10(2)33-18-14(4-3-5-27-18)34-15-7-13(12(22)6-11(15)21)28-17(31)8-16(20(23,24)25)29(26)19(28)32/h3-8,10H,26H2,1-2H3. The summed E-state index contributed by atoms with van der Waals surface area (Å²) in [7, 11) is 0. The Morgan fingerprint density at radius 1 is 1.21 bits per heavy atom. The smallest absolute Gasteiger partial charge is 0.433 e. The number of carbonyl (C=O) groups excluding carboxylic acids is 1. The van der Waals surface area contributed by atoms with Crippen LogP contribution in [0.1, 0.15) is 19.5 Å². The van der Waals surface area contributed by atoms with E-state index < -0.39 is 40.7 Å². The molecule has 9 nitrogen and oxygen atoms in total. The van der Waals surface area contributed by atoms with Crippen LogP contribution in [0.25, 0.3) is 5.69 Å². The lowest BCUT2D eigenvalue weighted by atomic mass is 10.2. The number of halogens is 5. The van der Waals surface area contributed by atoms with Gasteiger partial charge >= 0.3 is 11.9 Å². The van der Waals surface area contributed by atoms with Crippen molar-refractivity contribution in [1.82, 2.24) is 14.2 Å². The Hall–Kier alpha value is -3.87. The number of nitrogens with two attached hydrogens (primary N) is 1. The third-order valence-electron chi connectivity index (χ3n) is 4.49. The van der Waals surface area contributed by atoms with Crippen molar-refractivity contribution in [3.63, 3.8) is 0 Å². The maximum atomic E-state index is 14.6. The van der Waals surface area contributed by atoms with Crippen molar-refractivity contribution in [2.75, 3.05) is 5.84 Å². The molecule has 0 saturated heterocycles. The monoisotopic (exact) mass is 502 g/mol. The van der Waals surface area contributed by atoms with Gasteiger partial charge in [-0.1, -0.05) is 11.6 Å². The molecule has 1 aromatic carbocycles. The van der Waals surface area contributed by atoms with Crippen molar-refractivity contribution in [3.8, 4) is 23.1 Å². The summed E-state index contributed by atoms with van der Waals surface area (Å²) < 4.78 is 64.5. The highest BCUT2D eigenvalue weighted by Crippen LogP contribution is 2.36. The molecule has 0 amide bonds. The number of nitrogen functional groups attached to an aromatic ring is 1. The summed E-state index contributed by atoms with van der Waals surface area (Å²) in [6, 6.07) is 4.38. The van der Waals surface area contributed by atoms with Gasteiger partial charge in [0, 0.05) is 18.3 Å². The first-order chi connectivity index (χ1) is 15.8. The summed E-state index contributed by atoms with van der Waals surface area (Å²) in [6.07, 6.45) is -4.64. The van der Waals surface area contributed by atoms with Gasteiger partial charge < -0.3 is 15.3 Å². The molecule has 0 aliphatic rings. The lowest BCUT2D eigenvalue weighted by Crippen LogP contribution is -2.45. The number of benzene rings is 1. The fourth-order valence-corrected chi connectivity index (χ4v) is 2.86. The van der Waals surface area contributed by atoms with Crippen molar-refractivity contribution in [2.45, 2.75) is 26.1 Å². The van der Waals surface area contributed by atoms with E-state index >= 15 is 0 Å². The summed E-state index contributed by atoms with van der Waals surface area (Å²) in [6.45, 7) is 2.77. The summed E-state index contributed by atoms with van der Waals surface area (Å²) in [5.74, 6) is 3.18. The van der Waals surface area contributed by atoms with Crippen LogP contribution in [0.2, 0.25) is 5.02 Å². The van der Waals surface area contributed by atoms with E-state index in [9.17, 15) is 31.9 Å². The second-order valence-corrected chi connectivity index (χ2v) is 7.27. The maximum Gasteiger partial charge on any atom is 0.433 e. The molecule has 1 atom stereocenters. The number of Topliss-reactive ketones (excluding diaryl/α,β-unsaturated/α-hetero) is 1. The molecule has 2 aromatic heterocycles. The molecule has 1 unspecified atom stereocenters. The molecule has 0 aliphatic heterocycles. The third-order valence-corrected chi connectivity index (χ3v) is 4.78. The molecule has 14 heteroatoms. The van der Waals surface area contributed by atoms with E-state index in [0.29, 0.717) is 6.07 Å². The van der Waals surface area contributed by atoms with Crippen LogP contribution in [0.4, 0.5) is 17.6 Å². The topological polar surface area (TPSA) is 118 Å². The quantitative estimate of drug-likeness (QED) is 0.406. The first kappa shape index (κ1) is 24.8. The Morgan fingerprint density at radius 2 is 1.88 bits per heavy atom. The molecular formula is C20H15ClF4N4O5. The number of aromatic nitrogens is 3. The molecule has 34 heavy (non-hydrogen) atoms. The Morgan fingerprint density at radius 3 is 2.50 bits per heavy atom. The van der Waals surface area contributed by atoms with E-state index in [4.69, 9.17) is 26.9 Å². The van der Waals surface area contributed by atoms with Gasteiger partial charge in [-0.3, -0.25) is 9.59 Å². The van der Waals surface area contributed by atoms with Gasteiger partial charge in [-0.25, -0.2) is 23.4 Å². The predicted octanol–water partition coefficient (Wildman–Crippen LogP) is 3.07. The molecule has 0 aliphatic carbocycles. The fraction of sp³-hybridized carbons (Fsp3) is 0.200. The molecule has 180 valence electrons. The molecule has 3 aromatic rings. The summed E-state index contributed by atoms with van der Waals surface area (Å²) in [5, 5.41) is -0.316. The van der Waals surface area contributed by atoms with Crippen LogP contribution in [0.3, 0.4) is 0 Å². The number of carbonyl (C=O) groups is 1. The zero-order valence-corrected chi connectivity index (χ0v) is 18.1.